The van der Waals surface area contributed by atoms with Crippen LogP contribution in [-0.4, -0.2) is 52.5 Å². The first-order valence-corrected chi connectivity index (χ1v) is 11.4. The van der Waals surface area contributed by atoms with Crippen molar-refractivity contribution in [2.45, 2.75) is 32.1 Å². The number of hydrogen-bond acceptors (Lipinski definition) is 4. The van der Waals surface area contributed by atoms with E-state index >= 15 is 0 Å². The molecule has 0 heterocycles. The molecular weight excluding hydrogens is 301 g/mol. The van der Waals surface area contributed by atoms with E-state index in [1.54, 1.807) is 0 Å². The first-order valence-electron chi connectivity index (χ1n) is 5.87. The van der Waals surface area contributed by atoms with E-state index in [4.69, 9.17) is 9.22 Å². The van der Waals surface area contributed by atoms with Crippen LogP contribution < -0.4 is 5.32 Å². The van der Waals surface area contributed by atoms with Crippen LogP contribution in [0.5, 0.6) is 0 Å². The molecule has 0 spiro atoms. The van der Waals surface area contributed by atoms with Crippen molar-refractivity contribution in [3.05, 3.63) is 0 Å². The van der Waals surface area contributed by atoms with Gasteiger partial charge in [0.25, 0.3) is 0 Å². The Balaban J connectivity index is 4.18. The molecule has 5 heteroatoms. The Hall–Kier alpha value is 0.639. The fourth-order valence-corrected chi connectivity index (χ4v) is 8.51. The van der Waals surface area contributed by atoms with Crippen molar-refractivity contribution < 1.29 is 9.22 Å². The van der Waals surface area contributed by atoms with Gasteiger partial charge >= 0.3 is 99.2 Å². The molecule has 0 aromatic heterocycles. The summed E-state index contributed by atoms with van der Waals surface area (Å²) in [6, 6.07) is 0. The van der Waals surface area contributed by atoms with Gasteiger partial charge < -0.3 is 0 Å². The van der Waals surface area contributed by atoms with E-state index in [1.807, 2.05) is 20.8 Å². The molecule has 0 amide bonds. The molecule has 15 heavy (non-hydrogen) atoms. The minimum atomic E-state index is -3.18. The van der Waals surface area contributed by atoms with Crippen LogP contribution >= 0.6 is 0 Å². The molecule has 0 saturated carbocycles. The second-order valence-electron chi connectivity index (χ2n) is 3.09. The van der Waals surface area contributed by atoms with E-state index in [0.717, 1.165) is 17.5 Å². The third-order valence-corrected chi connectivity index (χ3v) is 10.6. The van der Waals surface area contributed by atoms with Crippen molar-refractivity contribution in [2.75, 3.05) is 32.9 Å². The maximum absolute atomic E-state index is 5.78. The minimum absolute atomic E-state index is 0.683. The van der Waals surface area contributed by atoms with E-state index in [2.05, 4.69) is 12.2 Å². The molecule has 0 saturated heterocycles. The molecule has 0 aliphatic heterocycles. The second kappa shape index (κ2) is 9.84. The van der Waals surface area contributed by atoms with Crippen LogP contribution in [0.4, 0.5) is 0 Å². The third kappa shape index (κ3) is 6.73. The van der Waals surface area contributed by atoms with Crippen LogP contribution in [0, 0.1) is 0 Å². The summed E-state index contributed by atoms with van der Waals surface area (Å²) < 4.78 is 18.3. The van der Waals surface area contributed by atoms with Gasteiger partial charge in [0.2, 0.25) is 0 Å². The van der Waals surface area contributed by atoms with Gasteiger partial charge in [-0.05, 0) is 0 Å². The molecule has 92 valence electrons. The topological polar surface area (TPSA) is 39.7 Å². The summed E-state index contributed by atoms with van der Waals surface area (Å²) in [5.74, 6) is 0. The van der Waals surface area contributed by atoms with Gasteiger partial charge in [-0.25, -0.2) is 0 Å². The van der Waals surface area contributed by atoms with Crippen molar-refractivity contribution >= 4 is 19.6 Å². The zero-order valence-corrected chi connectivity index (χ0v) is 13.3. The third-order valence-electron chi connectivity index (χ3n) is 1.95. The van der Waals surface area contributed by atoms with Crippen molar-refractivity contribution in [1.82, 2.24) is 5.32 Å². The van der Waals surface area contributed by atoms with Crippen molar-refractivity contribution in [3.8, 4) is 0 Å². The summed E-state index contributed by atoms with van der Waals surface area (Å²) in [5.41, 5.74) is 0. The van der Waals surface area contributed by atoms with Crippen LogP contribution in [0.15, 0.2) is 0 Å². The molecule has 0 aromatic carbocycles. The summed E-state index contributed by atoms with van der Waals surface area (Å²) in [7, 11) is 0. The van der Waals surface area contributed by atoms with Gasteiger partial charge in [-0.2, -0.15) is 0 Å². The molecule has 0 aromatic rings. The van der Waals surface area contributed by atoms with Crippen LogP contribution in [0.1, 0.15) is 27.7 Å². The molecular formula is C10H25NO3Sn. The summed E-state index contributed by atoms with van der Waals surface area (Å²) in [6.07, 6.45) is 0. The van der Waals surface area contributed by atoms with Gasteiger partial charge in [-0.3, -0.25) is 0 Å². The van der Waals surface area contributed by atoms with Gasteiger partial charge in [0.05, 0.1) is 0 Å². The number of rotatable bonds is 10. The SMILES string of the molecule is CCNC[CH2][Sn]([O]CC)([O]CC)[O]CC. The molecule has 0 aliphatic carbocycles. The van der Waals surface area contributed by atoms with Crippen molar-refractivity contribution in [3.63, 3.8) is 0 Å². The van der Waals surface area contributed by atoms with Crippen molar-refractivity contribution in [1.29, 1.82) is 0 Å². The Morgan fingerprint density at radius 1 is 0.867 bits per heavy atom. The second-order valence-corrected chi connectivity index (χ2v) is 10.9. The van der Waals surface area contributed by atoms with E-state index in [-0.39, 0.29) is 0 Å². The molecule has 0 aliphatic rings. The first-order chi connectivity index (χ1) is 7.24. The van der Waals surface area contributed by atoms with Crippen LogP contribution in [0.25, 0.3) is 0 Å². The standard InChI is InChI=1S/C4H10N.3C2H5O.Sn/c1-3-5-4-2;3*1-2-3;/h5H,1,3-4H2,2H3;3*2H2,1H3;/q;3*-1;+3. The van der Waals surface area contributed by atoms with Crippen molar-refractivity contribution in [2.24, 2.45) is 0 Å². The molecule has 0 atom stereocenters. The van der Waals surface area contributed by atoms with Gasteiger partial charge in [-0.15, -0.1) is 0 Å². The predicted molar refractivity (Wildman–Crippen MR) is 64.0 cm³/mol. The Labute approximate surface area is 99.2 Å². The number of hydrogen-bond donors (Lipinski definition) is 1. The molecule has 0 bridgehead atoms. The molecule has 0 unspecified atom stereocenters. The fraction of sp³-hybridized carbons (Fsp3) is 1.00. The van der Waals surface area contributed by atoms with Gasteiger partial charge in [-0.1, -0.05) is 0 Å². The van der Waals surface area contributed by atoms with E-state index < -0.39 is 19.6 Å². The van der Waals surface area contributed by atoms with Gasteiger partial charge in [0.1, 0.15) is 0 Å². The summed E-state index contributed by atoms with van der Waals surface area (Å²) in [4.78, 5) is 0. The Morgan fingerprint density at radius 2 is 1.33 bits per heavy atom. The average Bonchev–Trinajstić information content (AvgIpc) is 2.19. The summed E-state index contributed by atoms with van der Waals surface area (Å²) in [5, 5.41) is 3.29. The molecule has 0 fully saturated rings. The monoisotopic (exact) mass is 327 g/mol. The predicted octanol–water partition coefficient (Wildman–Crippen LogP) is 1.64. The molecule has 0 radical (unpaired) electrons. The van der Waals surface area contributed by atoms with Gasteiger partial charge in [0, 0.05) is 0 Å². The van der Waals surface area contributed by atoms with E-state index in [0.29, 0.717) is 19.8 Å². The Kier molecular flexibility index (Phi) is 10.3. The normalized spacial score (nSPS) is 12.0. The first kappa shape index (κ1) is 15.6. The summed E-state index contributed by atoms with van der Waals surface area (Å²) >= 11 is -3.18. The van der Waals surface area contributed by atoms with E-state index in [9.17, 15) is 0 Å². The Morgan fingerprint density at radius 3 is 1.67 bits per heavy atom. The molecule has 0 rings (SSSR count). The summed E-state index contributed by atoms with van der Waals surface area (Å²) in [6.45, 7) is 12.0. The zero-order valence-electron chi connectivity index (χ0n) is 10.5. The Bertz CT molecular complexity index is 130. The molecule has 4 nitrogen and oxygen atoms in total. The average molecular weight is 326 g/mol. The number of nitrogens with one attached hydrogen (secondary N) is 1. The van der Waals surface area contributed by atoms with Gasteiger partial charge in [0.15, 0.2) is 0 Å². The zero-order chi connectivity index (χ0) is 11.6. The van der Waals surface area contributed by atoms with E-state index in [1.165, 1.54) is 0 Å². The quantitative estimate of drug-likeness (QED) is 0.489. The van der Waals surface area contributed by atoms with Crippen LogP contribution in [0.3, 0.4) is 0 Å². The molecule has 1 N–H and O–H groups in total. The van der Waals surface area contributed by atoms with Crippen LogP contribution in [-0.2, 0) is 9.22 Å². The van der Waals surface area contributed by atoms with Crippen LogP contribution in [0.2, 0.25) is 4.44 Å². The fourth-order valence-electron chi connectivity index (χ4n) is 1.42. The maximum atomic E-state index is 5.78.